The van der Waals surface area contributed by atoms with Gasteiger partial charge in [-0.05, 0) is 6.07 Å². The molecule has 72 valence electrons. The van der Waals surface area contributed by atoms with Gasteiger partial charge in [0.2, 0.25) is 0 Å². The Kier molecular flexibility index (Phi) is 2.44. The third-order valence-electron chi connectivity index (χ3n) is 1.86. The van der Waals surface area contributed by atoms with Crippen LogP contribution >= 0.6 is 23.2 Å². The van der Waals surface area contributed by atoms with E-state index in [9.17, 15) is 0 Å². The molecule has 0 atom stereocenters. The number of pyridine rings is 1. The van der Waals surface area contributed by atoms with Crippen LogP contribution in [-0.4, -0.2) is 14.8 Å². The largest absolute Gasteiger partial charge is 0.275 e. The zero-order chi connectivity index (χ0) is 10.1. The van der Waals surface area contributed by atoms with E-state index in [-0.39, 0.29) is 0 Å². The Morgan fingerprint density at radius 1 is 1.36 bits per heavy atom. The van der Waals surface area contributed by atoms with Crippen LogP contribution in [0, 0.1) is 0 Å². The Morgan fingerprint density at radius 3 is 2.79 bits per heavy atom. The normalized spacial score (nSPS) is 10.5. The van der Waals surface area contributed by atoms with E-state index in [0.29, 0.717) is 10.2 Å². The van der Waals surface area contributed by atoms with Crippen molar-refractivity contribution in [3.63, 3.8) is 0 Å². The van der Waals surface area contributed by atoms with Crippen molar-refractivity contribution >= 4 is 23.2 Å². The predicted molar refractivity (Wildman–Crippen MR) is 56.5 cm³/mol. The van der Waals surface area contributed by atoms with Gasteiger partial charge in [-0.25, -0.2) is 4.98 Å². The van der Waals surface area contributed by atoms with Crippen molar-refractivity contribution in [2.24, 2.45) is 7.05 Å². The average molecular weight is 228 g/mol. The van der Waals surface area contributed by atoms with Crippen LogP contribution in [0.3, 0.4) is 0 Å². The van der Waals surface area contributed by atoms with Crippen molar-refractivity contribution in [2.75, 3.05) is 0 Å². The number of nitrogens with zero attached hydrogens (tertiary/aromatic N) is 3. The lowest BCUT2D eigenvalue weighted by molar-refractivity contribution is 0.768. The maximum atomic E-state index is 6.01. The van der Waals surface area contributed by atoms with Gasteiger partial charge in [0.25, 0.3) is 0 Å². The highest BCUT2D eigenvalue weighted by Gasteiger charge is 2.08. The zero-order valence-corrected chi connectivity index (χ0v) is 8.92. The number of rotatable bonds is 1. The third-order valence-corrected chi connectivity index (χ3v) is 2.63. The van der Waals surface area contributed by atoms with E-state index in [1.807, 2.05) is 19.3 Å². The molecule has 3 nitrogen and oxygen atoms in total. The Hall–Kier alpha value is -1.06. The highest BCUT2D eigenvalue weighted by atomic mass is 35.5. The molecule has 0 radical (unpaired) electrons. The summed E-state index contributed by atoms with van der Waals surface area (Å²) in [6, 6.07) is 1.81. The lowest BCUT2D eigenvalue weighted by Crippen LogP contribution is -1.84. The summed E-state index contributed by atoms with van der Waals surface area (Å²) in [5, 5.41) is 4.83. The molecular formula is C9H7Cl2N3. The fourth-order valence-electron chi connectivity index (χ4n) is 1.20. The predicted octanol–water partition coefficient (Wildman–Crippen LogP) is 2.79. The quantitative estimate of drug-likeness (QED) is 0.702. The summed E-state index contributed by atoms with van der Waals surface area (Å²) < 4.78 is 1.71. The fraction of sp³-hybridized carbons (Fsp3) is 0.111. The number of aryl methyl sites for hydroxylation is 1. The molecule has 14 heavy (non-hydrogen) atoms. The summed E-state index contributed by atoms with van der Waals surface area (Å²) >= 11 is 11.8. The Bertz CT molecular complexity index is 465. The third kappa shape index (κ3) is 1.61. The molecule has 0 spiro atoms. The molecule has 0 aliphatic carbocycles. The van der Waals surface area contributed by atoms with E-state index in [0.717, 1.165) is 11.1 Å². The number of hydrogen-bond donors (Lipinski definition) is 0. The summed E-state index contributed by atoms with van der Waals surface area (Å²) in [4.78, 5) is 3.88. The van der Waals surface area contributed by atoms with E-state index in [2.05, 4.69) is 10.1 Å². The van der Waals surface area contributed by atoms with Gasteiger partial charge in [-0.2, -0.15) is 5.10 Å². The topological polar surface area (TPSA) is 30.7 Å². The Labute approximate surface area is 91.3 Å². The van der Waals surface area contributed by atoms with Crippen LogP contribution in [-0.2, 0) is 7.05 Å². The van der Waals surface area contributed by atoms with Crippen LogP contribution in [0.5, 0.6) is 0 Å². The maximum Gasteiger partial charge on any atom is 0.148 e. The molecule has 0 saturated heterocycles. The van der Waals surface area contributed by atoms with Gasteiger partial charge < -0.3 is 0 Å². The van der Waals surface area contributed by atoms with E-state index in [1.165, 1.54) is 0 Å². The van der Waals surface area contributed by atoms with Crippen LogP contribution in [0.2, 0.25) is 10.2 Å². The second kappa shape index (κ2) is 3.59. The second-order valence-corrected chi connectivity index (χ2v) is 3.60. The van der Waals surface area contributed by atoms with Gasteiger partial charge in [-0.15, -0.1) is 0 Å². The van der Waals surface area contributed by atoms with E-state index >= 15 is 0 Å². The van der Waals surface area contributed by atoms with Gasteiger partial charge in [0.1, 0.15) is 5.15 Å². The number of aromatic nitrogens is 3. The van der Waals surface area contributed by atoms with Crippen LogP contribution in [0.25, 0.3) is 11.1 Å². The molecule has 0 aliphatic heterocycles. The first-order chi connectivity index (χ1) is 6.68. The molecule has 5 heteroatoms. The molecule has 2 rings (SSSR count). The van der Waals surface area contributed by atoms with Crippen molar-refractivity contribution in [1.82, 2.24) is 14.8 Å². The second-order valence-electron chi connectivity index (χ2n) is 2.87. The van der Waals surface area contributed by atoms with Gasteiger partial charge in [-0.1, -0.05) is 23.2 Å². The molecular weight excluding hydrogens is 221 g/mol. The summed E-state index contributed by atoms with van der Waals surface area (Å²) in [7, 11) is 1.85. The monoisotopic (exact) mass is 227 g/mol. The van der Waals surface area contributed by atoms with E-state index in [1.54, 1.807) is 17.1 Å². The molecule has 0 amide bonds. The van der Waals surface area contributed by atoms with Crippen LogP contribution < -0.4 is 0 Å². The number of halogens is 2. The molecule has 0 unspecified atom stereocenters. The highest BCUT2D eigenvalue weighted by molar-refractivity contribution is 6.42. The fourth-order valence-corrected chi connectivity index (χ4v) is 1.58. The first kappa shape index (κ1) is 9.49. The van der Waals surface area contributed by atoms with Gasteiger partial charge in [0.05, 0.1) is 11.2 Å². The van der Waals surface area contributed by atoms with Crippen molar-refractivity contribution in [1.29, 1.82) is 0 Å². The van der Waals surface area contributed by atoms with Crippen LogP contribution in [0.1, 0.15) is 0 Å². The number of hydrogen-bond acceptors (Lipinski definition) is 2. The molecule has 0 bridgehead atoms. The molecule has 2 aromatic rings. The molecule has 2 heterocycles. The lowest BCUT2D eigenvalue weighted by Gasteiger charge is -2.00. The lowest BCUT2D eigenvalue weighted by atomic mass is 10.1. The maximum absolute atomic E-state index is 6.01. The van der Waals surface area contributed by atoms with Crippen LogP contribution in [0.15, 0.2) is 24.7 Å². The molecule has 0 aliphatic rings. The van der Waals surface area contributed by atoms with Gasteiger partial charge in [-0.3, -0.25) is 4.68 Å². The van der Waals surface area contributed by atoms with Gasteiger partial charge in [0.15, 0.2) is 0 Å². The molecule has 0 aromatic carbocycles. The minimum absolute atomic E-state index is 0.313. The van der Waals surface area contributed by atoms with Gasteiger partial charge >= 0.3 is 0 Å². The minimum Gasteiger partial charge on any atom is -0.275 e. The molecule has 0 saturated carbocycles. The Balaban J connectivity index is 2.57. The van der Waals surface area contributed by atoms with Crippen molar-refractivity contribution in [3.05, 3.63) is 34.8 Å². The standard InChI is InChI=1S/C9H7Cl2N3/c1-14-5-6(4-13-14)7-2-3-12-9(11)8(7)10/h2-5H,1H3. The SMILES string of the molecule is Cn1cc(-c2ccnc(Cl)c2Cl)cn1. The smallest absolute Gasteiger partial charge is 0.148 e. The van der Waals surface area contributed by atoms with Crippen LogP contribution in [0.4, 0.5) is 0 Å². The van der Waals surface area contributed by atoms with Gasteiger partial charge in [0, 0.05) is 30.6 Å². The Morgan fingerprint density at radius 2 is 2.14 bits per heavy atom. The summed E-state index contributed by atoms with van der Waals surface area (Å²) in [5.41, 5.74) is 1.78. The van der Waals surface area contributed by atoms with Crippen molar-refractivity contribution in [2.45, 2.75) is 0 Å². The van der Waals surface area contributed by atoms with Crippen molar-refractivity contribution < 1.29 is 0 Å². The summed E-state index contributed by atoms with van der Waals surface area (Å²) in [6.45, 7) is 0. The van der Waals surface area contributed by atoms with Crippen molar-refractivity contribution in [3.8, 4) is 11.1 Å². The summed E-state index contributed by atoms with van der Waals surface area (Å²) in [5.74, 6) is 0. The zero-order valence-electron chi connectivity index (χ0n) is 7.41. The van der Waals surface area contributed by atoms with E-state index in [4.69, 9.17) is 23.2 Å². The molecule has 0 fully saturated rings. The first-order valence-electron chi connectivity index (χ1n) is 3.97. The first-order valence-corrected chi connectivity index (χ1v) is 4.73. The minimum atomic E-state index is 0.313. The summed E-state index contributed by atoms with van der Waals surface area (Å²) in [6.07, 6.45) is 5.23. The molecule has 2 aromatic heterocycles. The average Bonchev–Trinajstić information content (AvgIpc) is 2.57. The molecule has 0 N–H and O–H groups in total. The highest BCUT2D eigenvalue weighted by Crippen LogP contribution is 2.31. The van der Waals surface area contributed by atoms with E-state index < -0.39 is 0 Å².